The van der Waals surface area contributed by atoms with Crippen LogP contribution in [-0.4, -0.2) is 15.5 Å². The Kier molecular flexibility index (Phi) is 4.18. The van der Waals surface area contributed by atoms with E-state index in [-0.39, 0.29) is 5.91 Å². The van der Waals surface area contributed by atoms with Crippen molar-refractivity contribution >= 4 is 40.7 Å². The summed E-state index contributed by atoms with van der Waals surface area (Å²) in [5.41, 5.74) is 0.995. The number of anilines is 2. The lowest BCUT2D eigenvalue weighted by molar-refractivity contribution is -0.123. The monoisotopic (exact) mass is 396 g/mol. The number of aromatic nitrogens is 2. The number of carbonyl (C=O) groups excluding carboxylic acids is 1. The smallest absolute Gasteiger partial charge is 0.260 e. The fraction of sp³-hybridized carbons (Fsp3) is 0.150. The van der Waals surface area contributed by atoms with Gasteiger partial charge < -0.3 is 4.57 Å². The molecule has 1 aliphatic heterocycles. The van der Waals surface area contributed by atoms with E-state index in [1.165, 1.54) is 4.90 Å². The second-order valence-corrected chi connectivity index (χ2v) is 7.46. The number of carbonyl (C=O) groups is 1. The molecule has 2 aromatic carbocycles. The lowest BCUT2D eigenvalue weighted by atomic mass is 9.90. The topological polar surface area (TPSA) is 61.9 Å². The van der Waals surface area contributed by atoms with Gasteiger partial charge in [-0.2, -0.15) is 5.26 Å². The van der Waals surface area contributed by atoms with Gasteiger partial charge in [0.2, 0.25) is 5.95 Å². The van der Waals surface area contributed by atoms with Crippen molar-refractivity contribution in [2.75, 3.05) is 4.90 Å². The molecule has 1 unspecified atom stereocenters. The second-order valence-electron chi connectivity index (χ2n) is 6.59. The maximum Gasteiger partial charge on any atom is 0.260 e. The van der Waals surface area contributed by atoms with Gasteiger partial charge in [-0.25, -0.2) is 9.88 Å². The van der Waals surface area contributed by atoms with Gasteiger partial charge in [-0.15, -0.1) is 0 Å². The highest BCUT2D eigenvalue weighted by atomic mass is 35.5. The van der Waals surface area contributed by atoms with E-state index in [1.807, 2.05) is 29.7 Å². The maximum atomic E-state index is 13.5. The molecule has 0 spiro atoms. The molecule has 1 amide bonds. The van der Waals surface area contributed by atoms with Gasteiger partial charge in [0.05, 0.1) is 17.3 Å². The number of imidazole rings is 1. The number of hydrogen-bond donors (Lipinski definition) is 0. The standard InChI is InChI=1S/C20H14Cl2N4O/c1-20(11-13-4-2-3-5-14(13)12-23)18(27)26(19-24-6-7-25(19)20)17-9-15(21)8-16(22)10-17/h2-10H,11H2,1H3. The number of benzene rings is 2. The Labute approximate surface area is 166 Å². The minimum absolute atomic E-state index is 0.156. The molecule has 0 aliphatic carbocycles. The third-order valence-corrected chi connectivity index (χ3v) is 5.23. The van der Waals surface area contributed by atoms with E-state index in [0.29, 0.717) is 33.7 Å². The normalized spacial score (nSPS) is 18.4. The van der Waals surface area contributed by atoms with Gasteiger partial charge in [-0.1, -0.05) is 41.4 Å². The lowest BCUT2D eigenvalue weighted by Crippen LogP contribution is -2.41. The van der Waals surface area contributed by atoms with Gasteiger partial charge in [0.25, 0.3) is 5.91 Å². The van der Waals surface area contributed by atoms with Crippen molar-refractivity contribution in [1.82, 2.24) is 9.55 Å². The van der Waals surface area contributed by atoms with Crippen LogP contribution in [-0.2, 0) is 16.8 Å². The molecule has 134 valence electrons. The molecule has 4 rings (SSSR count). The van der Waals surface area contributed by atoms with Crippen molar-refractivity contribution in [2.24, 2.45) is 0 Å². The summed E-state index contributed by atoms with van der Waals surface area (Å²) in [7, 11) is 0. The predicted octanol–water partition coefficient (Wildman–Crippen LogP) is 4.70. The van der Waals surface area contributed by atoms with Crippen molar-refractivity contribution in [3.63, 3.8) is 0 Å². The van der Waals surface area contributed by atoms with Crippen LogP contribution in [0.15, 0.2) is 54.9 Å². The molecule has 0 saturated heterocycles. The molecule has 3 aromatic rings. The molecule has 1 aliphatic rings. The Balaban J connectivity index is 1.82. The summed E-state index contributed by atoms with van der Waals surface area (Å²) < 4.78 is 1.83. The third kappa shape index (κ3) is 2.78. The number of nitrogens with zero attached hydrogens (tertiary/aromatic N) is 4. The zero-order valence-corrected chi connectivity index (χ0v) is 15.9. The van der Waals surface area contributed by atoms with Crippen molar-refractivity contribution < 1.29 is 4.79 Å². The minimum Gasteiger partial charge on any atom is -0.301 e. The molecule has 7 heteroatoms. The Morgan fingerprint density at radius 1 is 1.19 bits per heavy atom. The van der Waals surface area contributed by atoms with Crippen molar-refractivity contribution in [3.8, 4) is 6.07 Å². The van der Waals surface area contributed by atoms with E-state index in [2.05, 4.69) is 11.1 Å². The quantitative estimate of drug-likeness (QED) is 0.644. The minimum atomic E-state index is -0.923. The molecule has 1 atom stereocenters. The van der Waals surface area contributed by atoms with E-state index in [4.69, 9.17) is 23.2 Å². The number of halogens is 2. The summed E-state index contributed by atoms with van der Waals surface area (Å²) in [5, 5.41) is 10.3. The number of fused-ring (bicyclic) bond motifs is 1. The van der Waals surface area contributed by atoms with Gasteiger partial charge in [0.15, 0.2) is 0 Å². The molecule has 0 bridgehead atoms. The van der Waals surface area contributed by atoms with Gasteiger partial charge in [-0.3, -0.25) is 4.79 Å². The Hall–Kier alpha value is -2.81. The Morgan fingerprint density at radius 3 is 2.59 bits per heavy atom. The molecule has 0 radical (unpaired) electrons. The summed E-state index contributed by atoms with van der Waals surface area (Å²) >= 11 is 12.3. The molecule has 0 saturated carbocycles. The highest BCUT2D eigenvalue weighted by molar-refractivity contribution is 6.35. The zero-order valence-electron chi connectivity index (χ0n) is 14.4. The fourth-order valence-electron chi connectivity index (χ4n) is 3.50. The average molecular weight is 397 g/mol. The van der Waals surface area contributed by atoms with E-state index in [1.54, 1.807) is 36.7 Å². The van der Waals surface area contributed by atoms with E-state index in [0.717, 1.165) is 5.56 Å². The van der Waals surface area contributed by atoms with Crippen LogP contribution in [0.3, 0.4) is 0 Å². The van der Waals surface area contributed by atoms with Crippen LogP contribution in [0.2, 0.25) is 10.0 Å². The van der Waals surface area contributed by atoms with Crippen LogP contribution in [0.1, 0.15) is 18.1 Å². The molecule has 5 nitrogen and oxygen atoms in total. The van der Waals surface area contributed by atoms with Crippen molar-refractivity contribution in [2.45, 2.75) is 18.9 Å². The largest absolute Gasteiger partial charge is 0.301 e. The second kappa shape index (κ2) is 6.41. The Bertz CT molecular complexity index is 1080. The van der Waals surface area contributed by atoms with Crippen LogP contribution >= 0.6 is 23.2 Å². The molecular weight excluding hydrogens is 383 g/mol. The van der Waals surface area contributed by atoms with Gasteiger partial charge in [-0.05, 0) is 36.8 Å². The first-order valence-corrected chi connectivity index (χ1v) is 9.02. The lowest BCUT2D eigenvalue weighted by Gasteiger charge is -2.25. The van der Waals surface area contributed by atoms with Crippen LogP contribution in [0, 0.1) is 11.3 Å². The van der Waals surface area contributed by atoms with Crippen LogP contribution in [0.25, 0.3) is 0 Å². The maximum absolute atomic E-state index is 13.5. The summed E-state index contributed by atoms with van der Waals surface area (Å²) in [6, 6.07) is 14.5. The summed E-state index contributed by atoms with van der Waals surface area (Å²) in [5.74, 6) is 0.340. The first kappa shape index (κ1) is 17.6. The molecule has 2 heterocycles. The highest BCUT2D eigenvalue weighted by Crippen LogP contribution is 2.42. The SMILES string of the molecule is CC1(Cc2ccccc2C#N)C(=O)N(c2cc(Cl)cc(Cl)c2)c2nccn21. The summed E-state index contributed by atoms with van der Waals surface area (Å²) in [6.45, 7) is 1.85. The predicted molar refractivity (Wildman–Crippen MR) is 104 cm³/mol. The molecule has 1 aromatic heterocycles. The van der Waals surface area contributed by atoms with Crippen molar-refractivity contribution in [1.29, 1.82) is 5.26 Å². The number of amides is 1. The van der Waals surface area contributed by atoms with Crippen molar-refractivity contribution in [3.05, 3.63) is 76.0 Å². The first-order valence-electron chi connectivity index (χ1n) is 8.26. The number of rotatable bonds is 3. The van der Waals surface area contributed by atoms with E-state index < -0.39 is 5.54 Å². The van der Waals surface area contributed by atoms with Gasteiger partial charge in [0.1, 0.15) is 5.54 Å². The summed E-state index contributed by atoms with van der Waals surface area (Å²) in [6.07, 6.45) is 3.79. The molecular formula is C20H14Cl2N4O. The van der Waals surface area contributed by atoms with Gasteiger partial charge >= 0.3 is 0 Å². The highest BCUT2D eigenvalue weighted by Gasteiger charge is 2.48. The molecule has 27 heavy (non-hydrogen) atoms. The van der Waals surface area contributed by atoms with E-state index in [9.17, 15) is 10.1 Å². The number of hydrogen-bond acceptors (Lipinski definition) is 3. The Morgan fingerprint density at radius 2 is 1.89 bits per heavy atom. The van der Waals surface area contributed by atoms with Crippen LogP contribution in [0.4, 0.5) is 11.6 Å². The molecule has 0 fully saturated rings. The third-order valence-electron chi connectivity index (χ3n) is 4.79. The average Bonchev–Trinajstić information content (AvgIpc) is 3.17. The first-order chi connectivity index (χ1) is 12.9. The fourth-order valence-corrected chi connectivity index (χ4v) is 4.01. The molecule has 0 N–H and O–H groups in total. The van der Waals surface area contributed by atoms with Crippen LogP contribution < -0.4 is 4.90 Å². The summed E-state index contributed by atoms with van der Waals surface area (Å²) in [4.78, 5) is 19.3. The van der Waals surface area contributed by atoms with Gasteiger partial charge in [0, 0.05) is 28.9 Å². The van der Waals surface area contributed by atoms with E-state index >= 15 is 0 Å². The van der Waals surface area contributed by atoms with Crippen LogP contribution in [0.5, 0.6) is 0 Å². The number of nitriles is 1. The zero-order chi connectivity index (χ0) is 19.2.